The SMILES string of the molecule is CC1(C)Cc2c(c(N3CCCC3)nc3sc4c(NCc5ccc(S(C)(=O)=O)cc5)ncnc4c23)CO1. The lowest BCUT2D eigenvalue weighted by Crippen LogP contribution is -2.33. The van der Waals surface area contributed by atoms with Crippen molar-refractivity contribution in [1.29, 1.82) is 0 Å². The van der Waals surface area contributed by atoms with Crippen LogP contribution in [0.3, 0.4) is 0 Å². The number of pyridine rings is 1. The molecule has 0 atom stereocenters. The number of sulfone groups is 1. The van der Waals surface area contributed by atoms with E-state index in [1.807, 2.05) is 12.1 Å². The fraction of sp³-hybridized carbons (Fsp3) is 0.423. The van der Waals surface area contributed by atoms with Gasteiger partial charge in [-0.1, -0.05) is 12.1 Å². The summed E-state index contributed by atoms with van der Waals surface area (Å²) in [7, 11) is -3.21. The summed E-state index contributed by atoms with van der Waals surface area (Å²) in [6, 6.07) is 6.94. The molecule has 4 aromatic rings. The van der Waals surface area contributed by atoms with Crippen molar-refractivity contribution in [3.05, 3.63) is 47.3 Å². The van der Waals surface area contributed by atoms with Crippen molar-refractivity contribution in [2.24, 2.45) is 0 Å². The van der Waals surface area contributed by atoms with Crippen LogP contribution in [0.25, 0.3) is 20.4 Å². The van der Waals surface area contributed by atoms with Gasteiger partial charge in [0.2, 0.25) is 0 Å². The maximum absolute atomic E-state index is 11.8. The van der Waals surface area contributed by atoms with Crippen LogP contribution in [-0.4, -0.2) is 48.3 Å². The second kappa shape index (κ2) is 8.64. The average molecular weight is 524 g/mol. The molecule has 2 aliphatic heterocycles. The summed E-state index contributed by atoms with van der Waals surface area (Å²) in [6.45, 7) is 7.44. The molecule has 1 N–H and O–H groups in total. The lowest BCUT2D eigenvalue weighted by molar-refractivity contribution is -0.0395. The number of fused-ring (bicyclic) bond motifs is 5. The molecule has 8 nitrogen and oxygen atoms in total. The number of anilines is 2. The molecule has 1 saturated heterocycles. The highest BCUT2D eigenvalue weighted by Gasteiger charge is 2.33. The summed E-state index contributed by atoms with van der Waals surface area (Å²) in [6.07, 6.45) is 6.02. The van der Waals surface area contributed by atoms with Crippen molar-refractivity contribution in [1.82, 2.24) is 15.0 Å². The highest BCUT2D eigenvalue weighted by Crippen LogP contribution is 2.44. The van der Waals surface area contributed by atoms with Gasteiger partial charge in [-0.2, -0.15) is 0 Å². The van der Waals surface area contributed by atoms with E-state index in [4.69, 9.17) is 14.7 Å². The van der Waals surface area contributed by atoms with Gasteiger partial charge in [0.05, 0.1) is 27.3 Å². The van der Waals surface area contributed by atoms with Crippen LogP contribution < -0.4 is 10.2 Å². The third-order valence-electron chi connectivity index (χ3n) is 7.02. The van der Waals surface area contributed by atoms with E-state index in [1.54, 1.807) is 29.8 Å². The number of hydrogen-bond donors (Lipinski definition) is 1. The molecular formula is C26H29N5O3S2. The first-order valence-corrected chi connectivity index (χ1v) is 14.9. The highest BCUT2D eigenvalue weighted by molar-refractivity contribution is 7.90. The first kappa shape index (κ1) is 23.6. The second-order valence-corrected chi connectivity index (χ2v) is 13.3. The van der Waals surface area contributed by atoms with E-state index in [2.05, 4.69) is 29.0 Å². The molecule has 6 rings (SSSR count). The average Bonchev–Trinajstić information content (AvgIpc) is 3.49. The van der Waals surface area contributed by atoms with E-state index in [1.165, 1.54) is 30.2 Å². The Balaban J connectivity index is 1.42. The lowest BCUT2D eigenvalue weighted by Gasteiger charge is -2.34. The number of ether oxygens (including phenoxy) is 1. The zero-order valence-electron chi connectivity index (χ0n) is 20.7. The molecule has 188 valence electrons. The maximum atomic E-state index is 11.8. The van der Waals surface area contributed by atoms with Crippen molar-refractivity contribution in [2.45, 2.75) is 56.8 Å². The van der Waals surface area contributed by atoms with Crippen LogP contribution in [0.5, 0.6) is 0 Å². The summed E-state index contributed by atoms with van der Waals surface area (Å²) in [5, 5.41) is 4.55. The van der Waals surface area contributed by atoms with E-state index in [-0.39, 0.29) is 5.60 Å². The first-order valence-electron chi connectivity index (χ1n) is 12.2. The molecule has 0 aliphatic carbocycles. The number of rotatable bonds is 5. The number of nitrogens with one attached hydrogen (secondary N) is 1. The molecule has 5 heterocycles. The van der Waals surface area contributed by atoms with Gasteiger partial charge in [0, 0.05) is 43.3 Å². The molecule has 0 unspecified atom stereocenters. The van der Waals surface area contributed by atoms with Crippen molar-refractivity contribution < 1.29 is 13.2 Å². The molecule has 0 radical (unpaired) electrons. The molecule has 2 aliphatic rings. The molecule has 0 saturated carbocycles. The number of aromatic nitrogens is 3. The smallest absolute Gasteiger partial charge is 0.175 e. The Morgan fingerprint density at radius 2 is 1.86 bits per heavy atom. The van der Waals surface area contributed by atoms with Gasteiger partial charge in [0.25, 0.3) is 0 Å². The van der Waals surface area contributed by atoms with Crippen LogP contribution in [-0.2, 0) is 34.1 Å². The molecule has 1 aromatic carbocycles. The quantitative estimate of drug-likeness (QED) is 0.402. The van der Waals surface area contributed by atoms with Gasteiger partial charge in [-0.05, 0) is 49.9 Å². The Bertz CT molecular complexity index is 1570. The summed E-state index contributed by atoms with van der Waals surface area (Å²) >= 11 is 1.63. The number of hydrogen-bond acceptors (Lipinski definition) is 9. The summed E-state index contributed by atoms with van der Waals surface area (Å²) in [4.78, 5) is 18.1. The Labute approximate surface area is 214 Å². The van der Waals surface area contributed by atoms with Gasteiger partial charge in [-0.15, -0.1) is 11.3 Å². The Hall–Kier alpha value is -2.82. The molecule has 36 heavy (non-hydrogen) atoms. The van der Waals surface area contributed by atoms with Gasteiger partial charge in [0.1, 0.15) is 22.8 Å². The van der Waals surface area contributed by atoms with Crippen LogP contribution in [0.2, 0.25) is 0 Å². The molecule has 0 spiro atoms. The molecular weight excluding hydrogens is 494 g/mol. The standard InChI is InChI=1S/C26H29N5O3S2/c1-26(2)12-18-19(14-34-26)24(31-10-4-5-11-31)30-25-20(18)21-22(35-25)23(29-15-28-21)27-13-16-6-8-17(9-7-16)36(3,32)33/h6-9,15H,4-5,10-14H2,1-3H3,(H,27,28,29). The van der Waals surface area contributed by atoms with Crippen molar-refractivity contribution in [3.8, 4) is 0 Å². The highest BCUT2D eigenvalue weighted by atomic mass is 32.2. The fourth-order valence-corrected chi connectivity index (χ4v) is 6.90. The van der Waals surface area contributed by atoms with E-state index >= 15 is 0 Å². The number of nitrogens with zero attached hydrogens (tertiary/aromatic N) is 4. The van der Waals surface area contributed by atoms with Gasteiger partial charge < -0.3 is 15.0 Å². The molecule has 10 heteroatoms. The minimum Gasteiger partial charge on any atom is -0.370 e. The zero-order chi connectivity index (χ0) is 25.1. The predicted molar refractivity (Wildman–Crippen MR) is 144 cm³/mol. The normalized spacial score (nSPS) is 17.6. The minimum absolute atomic E-state index is 0.246. The van der Waals surface area contributed by atoms with Crippen LogP contribution in [0.15, 0.2) is 35.5 Å². The minimum atomic E-state index is -3.21. The summed E-state index contributed by atoms with van der Waals surface area (Å²) in [5.41, 5.74) is 4.15. The maximum Gasteiger partial charge on any atom is 0.175 e. The van der Waals surface area contributed by atoms with E-state index in [0.29, 0.717) is 18.0 Å². The van der Waals surface area contributed by atoms with Crippen LogP contribution in [0.1, 0.15) is 43.4 Å². The van der Waals surface area contributed by atoms with Gasteiger partial charge in [0.15, 0.2) is 9.84 Å². The Morgan fingerprint density at radius 3 is 2.58 bits per heavy atom. The van der Waals surface area contributed by atoms with Crippen LogP contribution in [0.4, 0.5) is 11.6 Å². The van der Waals surface area contributed by atoms with E-state index in [0.717, 1.165) is 57.1 Å². The molecule has 0 bridgehead atoms. The van der Waals surface area contributed by atoms with Crippen LogP contribution in [0, 0.1) is 0 Å². The molecule has 3 aromatic heterocycles. The van der Waals surface area contributed by atoms with Gasteiger partial charge in [-0.25, -0.2) is 23.4 Å². The van der Waals surface area contributed by atoms with Crippen LogP contribution >= 0.6 is 11.3 Å². The summed E-state index contributed by atoms with van der Waals surface area (Å²) < 4.78 is 30.7. The monoisotopic (exact) mass is 523 g/mol. The topological polar surface area (TPSA) is 97.3 Å². The summed E-state index contributed by atoms with van der Waals surface area (Å²) in [5.74, 6) is 1.82. The third-order valence-corrected chi connectivity index (χ3v) is 9.23. The Kier molecular flexibility index (Phi) is 5.66. The molecule has 0 amide bonds. The predicted octanol–water partition coefficient (Wildman–Crippen LogP) is 4.71. The van der Waals surface area contributed by atoms with Gasteiger partial charge in [-0.3, -0.25) is 0 Å². The van der Waals surface area contributed by atoms with Crippen molar-refractivity contribution >= 4 is 53.2 Å². The van der Waals surface area contributed by atoms with E-state index < -0.39 is 9.84 Å². The second-order valence-electron chi connectivity index (χ2n) is 10.3. The van der Waals surface area contributed by atoms with E-state index in [9.17, 15) is 8.42 Å². The number of benzene rings is 1. The van der Waals surface area contributed by atoms with Crippen molar-refractivity contribution in [3.63, 3.8) is 0 Å². The van der Waals surface area contributed by atoms with Crippen molar-refractivity contribution in [2.75, 3.05) is 29.6 Å². The lowest BCUT2D eigenvalue weighted by atomic mass is 9.90. The third kappa shape index (κ3) is 4.21. The van der Waals surface area contributed by atoms with Gasteiger partial charge >= 0.3 is 0 Å². The fourth-order valence-electron chi connectivity index (χ4n) is 5.15. The zero-order valence-corrected chi connectivity index (χ0v) is 22.3. The first-order chi connectivity index (χ1) is 17.2. The largest absolute Gasteiger partial charge is 0.370 e. The molecule has 1 fully saturated rings. The Morgan fingerprint density at radius 1 is 1.11 bits per heavy atom. The number of thiophene rings is 1.